The lowest BCUT2D eigenvalue weighted by atomic mass is 9.87. The van der Waals surface area contributed by atoms with E-state index in [1.165, 1.54) is 17.0 Å². The molecule has 1 aliphatic heterocycles. The van der Waals surface area contributed by atoms with E-state index in [0.717, 1.165) is 6.07 Å². The molecule has 1 saturated heterocycles. The van der Waals surface area contributed by atoms with Gasteiger partial charge in [-0.1, -0.05) is 18.5 Å². The molecule has 2 amide bonds. The van der Waals surface area contributed by atoms with Crippen LogP contribution in [0.1, 0.15) is 6.92 Å². The fourth-order valence-corrected chi connectivity index (χ4v) is 2.09. The molecule has 1 heterocycles. The Labute approximate surface area is 120 Å². The molecule has 108 valence electrons. The maximum Gasteiger partial charge on any atom is 0.321 e. The van der Waals surface area contributed by atoms with Crippen molar-refractivity contribution in [2.45, 2.75) is 6.92 Å². The molecular formula is C13H14ClFN2O3. The zero-order chi connectivity index (χ0) is 14.9. The van der Waals surface area contributed by atoms with Crippen molar-refractivity contribution >= 4 is 29.3 Å². The first kappa shape index (κ1) is 14.6. The molecule has 2 rings (SSSR count). The number of carbonyl (C=O) groups excluding carboxylic acids is 1. The third-order valence-electron chi connectivity index (χ3n) is 3.46. The minimum Gasteiger partial charge on any atom is -0.481 e. The Morgan fingerprint density at radius 2 is 2.15 bits per heavy atom. The van der Waals surface area contributed by atoms with E-state index in [4.69, 9.17) is 16.7 Å². The van der Waals surface area contributed by atoms with Crippen molar-refractivity contribution in [2.75, 3.05) is 18.4 Å². The van der Waals surface area contributed by atoms with Crippen molar-refractivity contribution in [2.24, 2.45) is 11.8 Å². The largest absolute Gasteiger partial charge is 0.481 e. The molecule has 7 heteroatoms. The van der Waals surface area contributed by atoms with E-state index in [9.17, 15) is 14.0 Å². The number of hydrogen-bond acceptors (Lipinski definition) is 2. The van der Waals surface area contributed by atoms with Crippen molar-refractivity contribution in [3.05, 3.63) is 29.0 Å². The number of carboxylic acid groups (broad SMARTS) is 1. The lowest BCUT2D eigenvalue weighted by molar-refractivity contribution is -0.144. The molecule has 1 atom stereocenters. The van der Waals surface area contributed by atoms with Crippen molar-refractivity contribution in [1.29, 1.82) is 0 Å². The van der Waals surface area contributed by atoms with Gasteiger partial charge in [0.1, 0.15) is 5.82 Å². The second kappa shape index (κ2) is 5.66. The average molecular weight is 301 g/mol. The molecule has 20 heavy (non-hydrogen) atoms. The first-order valence-electron chi connectivity index (χ1n) is 6.12. The van der Waals surface area contributed by atoms with Gasteiger partial charge in [0.15, 0.2) is 0 Å². The van der Waals surface area contributed by atoms with Gasteiger partial charge in [-0.25, -0.2) is 9.18 Å². The smallest absolute Gasteiger partial charge is 0.321 e. The molecule has 0 radical (unpaired) electrons. The summed E-state index contributed by atoms with van der Waals surface area (Å²) in [5, 5.41) is 11.4. The molecule has 0 aromatic heterocycles. The summed E-state index contributed by atoms with van der Waals surface area (Å²) in [6.45, 7) is 2.39. The molecule has 0 saturated carbocycles. The van der Waals surface area contributed by atoms with E-state index in [1.807, 2.05) is 0 Å². The highest BCUT2D eigenvalue weighted by molar-refractivity contribution is 6.30. The Morgan fingerprint density at radius 3 is 2.70 bits per heavy atom. The Kier molecular flexibility index (Phi) is 4.13. The zero-order valence-electron chi connectivity index (χ0n) is 10.8. The number of aliphatic carboxylic acids is 1. The van der Waals surface area contributed by atoms with Crippen LogP contribution < -0.4 is 5.32 Å². The van der Waals surface area contributed by atoms with Gasteiger partial charge in [-0.15, -0.1) is 0 Å². The topological polar surface area (TPSA) is 69.6 Å². The molecule has 5 nitrogen and oxygen atoms in total. The second-order valence-corrected chi connectivity index (χ2v) is 5.26. The van der Waals surface area contributed by atoms with Crippen molar-refractivity contribution < 1.29 is 19.1 Å². The van der Waals surface area contributed by atoms with Crippen LogP contribution in [0.3, 0.4) is 0 Å². The summed E-state index contributed by atoms with van der Waals surface area (Å²) in [6.07, 6.45) is 0. The monoisotopic (exact) mass is 300 g/mol. The number of anilines is 1. The maximum atomic E-state index is 13.2. The average Bonchev–Trinajstić information content (AvgIpc) is 2.31. The summed E-state index contributed by atoms with van der Waals surface area (Å²) in [7, 11) is 0. The van der Waals surface area contributed by atoms with Crippen LogP contribution in [0.15, 0.2) is 18.2 Å². The number of hydrogen-bond donors (Lipinski definition) is 2. The van der Waals surface area contributed by atoms with E-state index in [1.54, 1.807) is 6.92 Å². The third kappa shape index (κ3) is 3.01. The van der Waals surface area contributed by atoms with E-state index in [2.05, 4.69) is 5.32 Å². The van der Waals surface area contributed by atoms with Gasteiger partial charge in [0.05, 0.1) is 10.9 Å². The predicted molar refractivity (Wildman–Crippen MR) is 72.3 cm³/mol. The summed E-state index contributed by atoms with van der Waals surface area (Å²) in [6, 6.07) is 3.62. The fraction of sp³-hybridized carbons (Fsp3) is 0.385. The number of benzene rings is 1. The van der Waals surface area contributed by atoms with E-state index >= 15 is 0 Å². The van der Waals surface area contributed by atoms with E-state index in [0.29, 0.717) is 18.8 Å². The molecule has 1 unspecified atom stereocenters. The molecular weight excluding hydrogens is 287 g/mol. The number of rotatable bonds is 3. The van der Waals surface area contributed by atoms with Crippen LogP contribution >= 0.6 is 11.6 Å². The van der Waals surface area contributed by atoms with Gasteiger partial charge in [-0.05, 0) is 18.2 Å². The lowest BCUT2D eigenvalue weighted by Gasteiger charge is -2.41. The SMILES string of the molecule is CC(C(=O)O)C1CN(C(=O)Nc2ccc(Cl)c(F)c2)C1. The van der Waals surface area contributed by atoms with Gasteiger partial charge in [0.2, 0.25) is 0 Å². The number of urea groups is 1. The number of carbonyl (C=O) groups is 2. The lowest BCUT2D eigenvalue weighted by Crippen LogP contribution is -2.54. The van der Waals surface area contributed by atoms with Gasteiger partial charge in [-0.2, -0.15) is 0 Å². The maximum absolute atomic E-state index is 13.2. The minimum absolute atomic E-state index is 0.0118. The van der Waals surface area contributed by atoms with Crippen molar-refractivity contribution in [1.82, 2.24) is 4.90 Å². The highest BCUT2D eigenvalue weighted by Gasteiger charge is 2.37. The van der Waals surface area contributed by atoms with Gasteiger partial charge < -0.3 is 15.3 Å². The van der Waals surface area contributed by atoms with Gasteiger partial charge in [0.25, 0.3) is 0 Å². The van der Waals surface area contributed by atoms with Crippen LogP contribution in [0.4, 0.5) is 14.9 Å². The molecule has 0 bridgehead atoms. The molecule has 1 aliphatic rings. The number of nitrogens with one attached hydrogen (secondary N) is 1. The Bertz CT molecular complexity index is 546. The zero-order valence-corrected chi connectivity index (χ0v) is 11.5. The first-order valence-corrected chi connectivity index (χ1v) is 6.50. The van der Waals surface area contributed by atoms with Gasteiger partial charge in [0, 0.05) is 24.7 Å². The third-order valence-corrected chi connectivity index (χ3v) is 3.77. The van der Waals surface area contributed by atoms with Crippen LogP contribution in [0.5, 0.6) is 0 Å². The Balaban J connectivity index is 1.88. The van der Waals surface area contributed by atoms with Crippen molar-refractivity contribution in [3.8, 4) is 0 Å². The summed E-state index contributed by atoms with van der Waals surface area (Å²) >= 11 is 5.55. The highest BCUT2D eigenvalue weighted by Crippen LogP contribution is 2.25. The second-order valence-electron chi connectivity index (χ2n) is 4.85. The van der Waals surface area contributed by atoms with E-state index in [-0.39, 0.29) is 17.0 Å². The van der Waals surface area contributed by atoms with E-state index < -0.39 is 17.7 Å². The minimum atomic E-state index is -0.866. The van der Waals surface area contributed by atoms with Crippen LogP contribution in [0, 0.1) is 17.7 Å². The Morgan fingerprint density at radius 1 is 1.50 bits per heavy atom. The van der Waals surface area contributed by atoms with Crippen LogP contribution in [0.25, 0.3) is 0 Å². The number of amides is 2. The summed E-state index contributed by atoms with van der Waals surface area (Å²) in [5.74, 6) is -1.99. The number of likely N-dealkylation sites (tertiary alicyclic amines) is 1. The molecule has 0 spiro atoms. The predicted octanol–water partition coefficient (Wildman–Crippen LogP) is 2.66. The van der Waals surface area contributed by atoms with Gasteiger partial charge in [-0.3, -0.25) is 4.79 Å². The summed E-state index contributed by atoms with van der Waals surface area (Å²) < 4.78 is 13.2. The first-order chi connectivity index (χ1) is 9.38. The standard InChI is InChI=1S/C13H14ClFN2O3/c1-7(12(18)19)8-5-17(6-8)13(20)16-9-2-3-10(14)11(15)4-9/h2-4,7-8H,5-6H2,1H3,(H,16,20)(H,18,19). The number of carboxylic acids is 1. The molecule has 1 aromatic carbocycles. The highest BCUT2D eigenvalue weighted by atomic mass is 35.5. The van der Waals surface area contributed by atoms with Crippen molar-refractivity contribution in [3.63, 3.8) is 0 Å². The quantitative estimate of drug-likeness (QED) is 0.901. The molecule has 0 aliphatic carbocycles. The summed E-state index contributed by atoms with van der Waals surface area (Å²) in [4.78, 5) is 24.1. The molecule has 1 fully saturated rings. The van der Waals surface area contributed by atoms with Crippen LogP contribution in [-0.4, -0.2) is 35.1 Å². The Hall–Kier alpha value is -1.82. The summed E-state index contributed by atoms with van der Waals surface area (Å²) in [5.41, 5.74) is 0.312. The molecule has 1 aromatic rings. The fourth-order valence-electron chi connectivity index (χ4n) is 1.97. The number of nitrogens with zero attached hydrogens (tertiary/aromatic N) is 1. The number of halogens is 2. The molecule has 2 N–H and O–H groups in total. The van der Waals surface area contributed by atoms with Crippen LogP contribution in [-0.2, 0) is 4.79 Å². The van der Waals surface area contributed by atoms with Gasteiger partial charge >= 0.3 is 12.0 Å². The van der Waals surface area contributed by atoms with Crippen LogP contribution in [0.2, 0.25) is 5.02 Å². The normalized spacial score (nSPS) is 16.4.